The molecule has 1 aliphatic carbocycles. The predicted molar refractivity (Wildman–Crippen MR) is 116 cm³/mol. The third-order valence-corrected chi connectivity index (χ3v) is 6.53. The molecule has 4 rings (SSSR count). The highest BCUT2D eigenvalue weighted by Crippen LogP contribution is 2.28. The van der Waals surface area contributed by atoms with Gasteiger partial charge in [0.25, 0.3) is 0 Å². The van der Waals surface area contributed by atoms with Gasteiger partial charge in [0.2, 0.25) is 5.91 Å². The molecule has 0 spiro atoms. The number of aromatic nitrogens is 2. The summed E-state index contributed by atoms with van der Waals surface area (Å²) in [4.78, 5) is 21.1. The average Bonchev–Trinajstić information content (AvgIpc) is 3.12. The molecule has 1 amide bonds. The summed E-state index contributed by atoms with van der Waals surface area (Å²) in [6.07, 6.45) is 8.17. The molecule has 2 aromatic heterocycles. The van der Waals surface area contributed by atoms with E-state index in [2.05, 4.69) is 45.0 Å². The lowest BCUT2D eigenvalue weighted by Gasteiger charge is -2.20. The van der Waals surface area contributed by atoms with Crippen LogP contribution in [0.1, 0.15) is 43.2 Å². The van der Waals surface area contributed by atoms with E-state index in [1.165, 1.54) is 30.4 Å². The number of rotatable bonds is 6. The first kappa shape index (κ1) is 18.9. The number of benzene rings is 1. The average molecular weight is 395 g/mol. The van der Waals surface area contributed by atoms with E-state index >= 15 is 0 Å². The minimum absolute atomic E-state index is 0.174. The van der Waals surface area contributed by atoms with Crippen LogP contribution >= 0.6 is 11.3 Å². The first-order valence-corrected chi connectivity index (χ1v) is 10.9. The Morgan fingerprint density at radius 2 is 1.93 bits per heavy atom. The minimum Gasteiger partial charge on any atom is -0.368 e. The topological polar surface area (TPSA) is 66.9 Å². The number of anilines is 2. The van der Waals surface area contributed by atoms with Crippen molar-refractivity contribution in [3.63, 3.8) is 0 Å². The molecule has 3 aromatic rings. The Bertz CT molecular complexity index is 945. The number of fused-ring (bicyclic) bond motifs is 1. The highest BCUT2D eigenvalue weighted by molar-refractivity contribution is 7.18. The zero-order valence-corrected chi connectivity index (χ0v) is 17.0. The number of carbonyl (C=O) groups is 1. The Balaban J connectivity index is 1.30. The quantitative estimate of drug-likeness (QED) is 0.605. The number of nitrogens with one attached hydrogen (secondary N) is 2. The molecule has 146 valence electrons. The largest absolute Gasteiger partial charge is 0.368 e. The number of carbonyl (C=O) groups excluding carboxylic acids is 1. The molecule has 28 heavy (non-hydrogen) atoms. The number of thiophene rings is 1. The first-order chi connectivity index (χ1) is 13.7. The van der Waals surface area contributed by atoms with E-state index in [0.29, 0.717) is 0 Å². The van der Waals surface area contributed by atoms with Crippen LogP contribution in [0.5, 0.6) is 0 Å². The summed E-state index contributed by atoms with van der Waals surface area (Å²) in [6, 6.07) is 8.18. The molecule has 0 radical (unpaired) electrons. The maximum atomic E-state index is 12.4. The van der Waals surface area contributed by atoms with Gasteiger partial charge >= 0.3 is 0 Å². The monoisotopic (exact) mass is 394 g/mol. The van der Waals surface area contributed by atoms with Crippen molar-refractivity contribution in [2.75, 3.05) is 17.2 Å². The summed E-state index contributed by atoms with van der Waals surface area (Å²) in [7, 11) is 0. The number of nitrogens with zero attached hydrogens (tertiary/aromatic N) is 2. The second-order valence-corrected chi connectivity index (χ2v) is 8.40. The van der Waals surface area contributed by atoms with Crippen molar-refractivity contribution in [1.29, 1.82) is 0 Å². The molecule has 1 aliphatic rings. The van der Waals surface area contributed by atoms with Gasteiger partial charge < -0.3 is 10.6 Å². The fraction of sp³-hybridized carbons (Fsp3) is 0.409. The fourth-order valence-electron chi connectivity index (χ4n) is 3.78. The van der Waals surface area contributed by atoms with E-state index in [-0.39, 0.29) is 11.8 Å². The van der Waals surface area contributed by atoms with Crippen LogP contribution in [0.3, 0.4) is 0 Å². The second kappa shape index (κ2) is 8.69. The van der Waals surface area contributed by atoms with E-state index in [9.17, 15) is 4.79 Å². The molecule has 2 N–H and O–H groups in total. The molecular weight excluding hydrogens is 368 g/mol. The summed E-state index contributed by atoms with van der Waals surface area (Å²) < 4.78 is 1.11. The Morgan fingerprint density at radius 3 is 2.71 bits per heavy atom. The number of aryl methyl sites for hydroxylation is 1. The van der Waals surface area contributed by atoms with E-state index in [1.807, 2.05) is 12.1 Å². The van der Waals surface area contributed by atoms with Crippen molar-refractivity contribution in [3.8, 4) is 0 Å². The maximum absolute atomic E-state index is 12.4. The van der Waals surface area contributed by atoms with Crippen molar-refractivity contribution in [3.05, 3.63) is 47.1 Å². The molecule has 0 saturated heterocycles. The van der Waals surface area contributed by atoms with Gasteiger partial charge in [0.05, 0.1) is 10.2 Å². The molecule has 0 atom stereocenters. The molecule has 1 aromatic carbocycles. The summed E-state index contributed by atoms with van der Waals surface area (Å²) >= 11 is 1.68. The number of hydrogen-bond donors (Lipinski definition) is 2. The first-order valence-electron chi connectivity index (χ1n) is 10.0. The Kier molecular flexibility index (Phi) is 5.86. The standard InChI is InChI=1S/C22H26N4OS/c1-15-13-28-20-19(15)24-14-25-21(20)23-12-11-16-7-9-18(10-8-16)26-22(27)17-5-3-2-4-6-17/h7-10,13-14,17H,2-6,11-12H2,1H3,(H,26,27)(H,23,24,25). The van der Waals surface area contributed by atoms with Gasteiger partial charge in [-0.1, -0.05) is 31.4 Å². The lowest BCUT2D eigenvalue weighted by atomic mass is 9.88. The van der Waals surface area contributed by atoms with Gasteiger partial charge in [-0.05, 0) is 54.8 Å². The van der Waals surface area contributed by atoms with Gasteiger partial charge in [-0.25, -0.2) is 9.97 Å². The van der Waals surface area contributed by atoms with Gasteiger partial charge in [-0.15, -0.1) is 11.3 Å². The number of amides is 1. The molecule has 6 heteroatoms. The van der Waals surface area contributed by atoms with Crippen molar-refractivity contribution in [2.24, 2.45) is 5.92 Å². The van der Waals surface area contributed by atoms with Crippen molar-refractivity contribution >= 4 is 39.0 Å². The Morgan fingerprint density at radius 1 is 1.14 bits per heavy atom. The lowest BCUT2D eigenvalue weighted by molar-refractivity contribution is -0.120. The van der Waals surface area contributed by atoms with Crippen LogP contribution < -0.4 is 10.6 Å². The van der Waals surface area contributed by atoms with Crippen molar-refractivity contribution in [2.45, 2.75) is 45.4 Å². The molecule has 2 heterocycles. The van der Waals surface area contributed by atoms with Crippen LogP contribution in [0, 0.1) is 12.8 Å². The molecule has 1 fully saturated rings. The third kappa shape index (κ3) is 4.33. The van der Waals surface area contributed by atoms with Crippen LogP contribution in [0.25, 0.3) is 10.2 Å². The SMILES string of the molecule is Cc1csc2c(NCCc3ccc(NC(=O)C4CCCCC4)cc3)ncnc12. The predicted octanol–water partition coefficient (Wildman–Crippen LogP) is 5.17. The van der Waals surface area contributed by atoms with Gasteiger partial charge in [0.15, 0.2) is 0 Å². The number of hydrogen-bond acceptors (Lipinski definition) is 5. The second-order valence-electron chi connectivity index (χ2n) is 7.52. The zero-order valence-electron chi connectivity index (χ0n) is 16.2. The smallest absolute Gasteiger partial charge is 0.227 e. The van der Waals surface area contributed by atoms with Crippen molar-refractivity contribution in [1.82, 2.24) is 9.97 Å². The molecule has 0 aliphatic heterocycles. The van der Waals surface area contributed by atoms with Gasteiger partial charge in [0, 0.05) is 18.2 Å². The van der Waals surface area contributed by atoms with Crippen LogP contribution in [0.15, 0.2) is 36.0 Å². The van der Waals surface area contributed by atoms with Gasteiger partial charge in [-0.2, -0.15) is 0 Å². The molecule has 0 unspecified atom stereocenters. The van der Waals surface area contributed by atoms with E-state index in [0.717, 1.165) is 47.5 Å². The Hall–Kier alpha value is -2.47. The zero-order chi connectivity index (χ0) is 19.3. The molecule has 5 nitrogen and oxygen atoms in total. The van der Waals surface area contributed by atoms with E-state index in [4.69, 9.17) is 0 Å². The summed E-state index contributed by atoms with van der Waals surface area (Å²) in [5.74, 6) is 1.26. The summed E-state index contributed by atoms with van der Waals surface area (Å²) in [6.45, 7) is 2.88. The summed E-state index contributed by atoms with van der Waals surface area (Å²) in [5, 5.41) is 8.62. The van der Waals surface area contributed by atoms with E-state index < -0.39 is 0 Å². The van der Waals surface area contributed by atoms with Crippen LogP contribution in [-0.2, 0) is 11.2 Å². The van der Waals surface area contributed by atoms with Crippen molar-refractivity contribution < 1.29 is 4.79 Å². The van der Waals surface area contributed by atoms with Crippen LogP contribution in [0.2, 0.25) is 0 Å². The highest BCUT2D eigenvalue weighted by Gasteiger charge is 2.20. The van der Waals surface area contributed by atoms with Gasteiger partial charge in [0.1, 0.15) is 12.1 Å². The minimum atomic E-state index is 0.174. The fourth-order valence-corrected chi connectivity index (χ4v) is 4.75. The highest BCUT2D eigenvalue weighted by atomic mass is 32.1. The molecule has 1 saturated carbocycles. The normalized spacial score (nSPS) is 14.9. The van der Waals surface area contributed by atoms with Crippen LogP contribution in [0.4, 0.5) is 11.5 Å². The molecule has 0 bridgehead atoms. The molecular formula is C22H26N4OS. The van der Waals surface area contributed by atoms with Gasteiger partial charge in [-0.3, -0.25) is 4.79 Å². The van der Waals surface area contributed by atoms with E-state index in [1.54, 1.807) is 17.7 Å². The third-order valence-electron chi connectivity index (χ3n) is 5.43. The Labute approximate surface area is 169 Å². The summed E-state index contributed by atoms with van der Waals surface area (Å²) in [5.41, 5.74) is 4.34. The lowest BCUT2D eigenvalue weighted by Crippen LogP contribution is -2.24. The van der Waals surface area contributed by atoms with Crippen LogP contribution in [-0.4, -0.2) is 22.4 Å². The maximum Gasteiger partial charge on any atom is 0.227 e.